The minimum Gasteiger partial charge on any atom is -0.360 e. The molecule has 0 spiro atoms. The second-order valence-electron chi connectivity index (χ2n) is 10.8. The molecule has 6 nitrogen and oxygen atoms in total. The van der Waals surface area contributed by atoms with Crippen molar-refractivity contribution >= 4 is 34.3 Å². The summed E-state index contributed by atoms with van der Waals surface area (Å²) in [7, 11) is 0. The fraction of sp³-hybridized carbons (Fsp3) is 0.483. The molecule has 1 atom stereocenters. The number of carbonyl (C=O) groups excluding carboxylic acids is 2. The molecule has 1 aliphatic heterocycles. The maximum absolute atomic E-state index is 13.0. The van der Waals surface area contributed by atoms with E-state index < -0.39 is 11.7 Å². The Hall–Kier alpha value is -2.70. The molecular weight excluding hydrogens is 474 g/mol. The van der Waals surface area contributed by atoms with Crippen molar-refractivity contribution in [1.82, 2.24) is 14.5 Å². The first kappa shape index (κ1) is 26.4. The molecule has 1 saturated heterocycles. The van der Waals surface area contributed by atoms with Crippen molar-refractivity contribution < 1.29 is 14.3 Å². The smallest absolute Gasteiger partial charge is 0.222 e. The number of nitrogens with zero attached hydrogens (tertiary/aromatic N) is 3. The lowest BCUT2D eigenvalue weighted by Gasteiger charge is -2.29. The lowest BCUT2D eigenvalue weighted by atomic mass is 9.90. The van der Waals surface area contributed by atoms with E-state index in [1.54, 1.807) is 6.92 Å². The van der Waals surface area contributed by atoms with Gasteiger partial charge in [-0.2, -0.15) is 0 Å². The van der Waals surface area contributed by atoms with Crippen LogP contribution in [0.5, 0.6) is 0 Å². The summed E-state index contributed by atoms with van der Waals surface area (Å²) in [5.41, 5.74) is 6.02. The molecule has 1 aliphatic rings. The third-order valence-electron chi connectivity index (χ3n) is 6.99. The predicted molar refractivity (Wildman–Crippen MR) is 144 cm³/mol. The minimum atomic E-state index is -0.752. The van der Waals surface area contributed by atoms with Gasteiger partial charge in [0.15, 0.2) is 5.78 Å². The molecule has 0 aliphatic carbocycles. The monoisotopic (exact) mass is 509 g/mol. The second kappa shape index (κ2) is 9.98. The van der Waals surface area contributed by atoms with Crippen molar-refractivity contribution in [3.05, 3.63) is 51.8 Å². The SMILES string of the molecule is CC(=O)[C@@H](OC(C)(C)C)c1c(C)nc2c(c(C)c(C)n2CCN2CCCC2=O)c1-c1ccc(Cl)cc1. The number of amides is 1. The van der Waals surface area contributed by atoms with E-state index in [9.17, 15) is 9.59 Å². The number of pyridine rings is 1. The Morgan fingerprint density at radius 2 is 1.81 bits per heavy atom. The van der Waals surface area contributed by atoms with E-state index in [0.717, 1.165) is 57.6 Å². The number of rotatable bonds is 7. The van der Waals surface area contributed by atoms with Crippen LogP contribution in [-0.2, 0) is 20.9 Å². The van der Waals surface area contributed by atoms with Crippen LogP contribution in [0.25, 0.3) is 22.2 Å². The van der Waals surface area contributed by atoms with Crippen LogP contribution in [0.3, 0.4) is 0 Å². The molecular formula is C29H36ClN3O3. The summed E-state index contributed by atoms with van der Waals surface area (Å²) in [5, 5.41) is 1.66. The Kier molecular flexibility index (Phi) is 7.31. The molecule has 1 fully saturated rings. The Morgan fingerprint density at radius 3 is 2.36 bits per heavy atom. The zero-order chi connectivity index (χ0) is 26.4. The zero-order valence-corrected chi connectivity index (χ0v) is 23.1. The van der Waals surface area contributed by atoms with E-state index in [4.69, 9.17) is 21.3 Å². The average molecular weight is 510 g/mol. The highest BCUT2D eigenvalue weighted by molar-refractivity contribution is 6.30. The largest absolute Gasteiger partial charge is 0.360 e. The fourth-order valence-electron chi connectivity index (χ4n) is 5.17. The number of ether oxygens (including phenoxy) is 1. The Bertz CT molecular complexity index is 1320. The third kappa shape index (κ3) is 5.07. The number of carbonyl (C=O) groups is 2. The molecule has 0 saturated carbocycles. The van der Waals surface area contributed by atoms with Gasteiger partial charge in [-0.25, -0.2) is 4.98 Å². The number of halogens is 1. The first-order valence-corrected chi connectivity index (χ1v) is 13.0. The molecule has 0 radical (unpaired) electrons. The number of ketones is 1. The third-order valence-corrected chi connectivity index (χ3v) is 7.24. The van der Waals surface area contributed by atoms with E-state index in [1.165, 1.54) is 0 Å². The summed E-state index contributed by atoms with van der Waals surface area (Å²) in [5.74, 6) is 0.156. The highest BCUT2D eigenvalue weighted by Crippen LogP contribution is 2.42. The van der Waals surface area contributed by atoms with Gasteiger partial charge in [-0.15, -0.1) is 0 Å². The topological polar surface area (TPSA) is 64.4 Å². The number of likely N-dealkylation sites (tertiary alicyclic amines) is 1. The molecule has 4 rings (SSSR count). The average Bonchev–Trinajstić information content (AvgIpc) is 3.30. The van der Waals surface area contributed by atoms with Crippen LogP contribution >= 0.6 is 11.6 Å². The van der Waals surface area contributed by atoms with Gasteiger partial charge in [0, 0.05) is 59.0 Å². The Balaban J connectivity index is 1.97. The molecule has 3 aromatic rings. The Morgan fingerprint density at radius 1 is 1.14 bits per heavy atom. The minimum absolute atomic E-state index is 0.0641. The maximum atomic E-state index is 13.0. The van der Waals surface area contributed by atoms with Crippen LogP contribution in [0.2, 0.25) is 5.02 Å². The second-order valence-corrected chi connectivity index (χ2v) is 11.2. The van der Waals surface area contributed by atoms with E-state index in [0.29, 0.717) is 24.5 Å². The standard InChI is InChI=1S/C29H36ClN3O3/c1-17-19(3)33(16-15-32-14-8-9-23(32)35)28-24(17)26(21-10-12-22(30)13-11-21)25(18(2)31-28)27(20(4)34)36-29(5,6)7/h10-13,27H,8-9,14-16H2,1-7H3/t27-/m1/s1. The Labute approximate surface area is 218 Å². The van der Waals surface area contributed by atoms with Gasteiger partial charge in [0.2, 0.25) is 5.91 Å². The molecule has 3 heterocycles. The molecule has 1 aromatic carbocycles. The van der Waals surface area contributed by atoms with Gasteiger partial charge in [-0.05, 0) is 78.1 Å². The van der Waals surface area contributed by atoms with Crippen molar-refractivity contribution in [1.29, 1.82) is 0 Å². The van der Waals surface area contributed by atoms with Crippen LogP contribution in [0, 0.1) is 20.8 Å². The molecule has 36 heavy (non-hydrogen) atoms. The van der Waals surface area contributed by atoms with Crippen molar-refractivity contribution in [2.75, 3.05) is 13.1 Å². The molecule has 7 heteroatoms. The van der Waals surface area contributed by atoms with E-state index >= 15 is 0 Å². The summed E-state index contributed by atoms with van der Waals surface area (Å²) < 4.78 is 8.55. The normalized spacial score (nSPS) is 15.2. The van der Waals surface area contributed by atoms with E-state index in [-0.39, 0.29) is 11.7 Å². The summed E-state index contributed by atoms with van der Waals surface area (Å²) in [6.45, 7) is 15.7. The van der Waals surface area contributed by atoms with Gasteiger partial charge in [0.05, 0.1) is 5.60 Å². The maximum Gasteiger partial charge on any atom is 0.222 e. The van der Waals surface area contributed by atoms with Crippen LogP contribution in [0.15, 0.2) is 24.3 Å². The highest BCUT2D eigenvalue weighted by Gasteiger charge is 2.32. The first-order valence-electron chi connectivity index (χ1n) is 12.6. The lowest BCUT2D eigenvalue weighted by Crippen LogP contribution is -2.29. The van der Waals surface area contributed by atoms with Gasteiger partial charge in [-0.3, -0.25) is 9.59 Å². The molecule has 1 amide bonds. The van der Waals surface area contributed by atoms with Gasteiger partial charge < -0.3 is 14.2 Å². The fourth-order valence-corrected chi connectivity index (χ4v) is 5.29. The van der Waals surface area contributed by atoms with Gasteiger partial charge in [0.1, 0.15) is 11.8 Å². The number of fused-ring (bicyclic) bond motifs is 1. The number of aromatic nitrogens is 2. The lowest BCUT2D eigenvalue weighted by molar-refractivity contribution is -0.138. The van der Waals surface area contributed by atoms with Crippen LogP contribution in [0.1, 0.15) is 69.2 Å². The summed E-state index contributed by atoms with van der Waals surface area (Å²) in [4.78, 5) is 32.2. The predicted octanol–water partition coefficient (Wildman–Crippen LogP) is 6.35. The van der Waals surface area contributed by atoms with Gasteiger partial charge >= 0.3 is 0 Å². The zero-order valence-electron chi connectivity index (χ0n) is 22.4. The van der Waals surface area contributed by atoms with Crippen molar-refractivity contribution in [2.24, 2.45) is 0 Å². The van der Waals surface area contributed by atoms with E-state index in [2.05, 4.69) is 18.4 Å². The van der Waals surface area contributed by atoms with Crippen molar-refractivity contribution in [3.63, 3.8) is 0 Å². The molecule has 0 N–H and O–H groups in total. The number of hydrogen-bond acceptors (Lipinski definition) is 4. The van der Waals surface area contributed by atoms with Crippen molar-refractivity contribution in [2.45, 2.75) is 79.6 Å². The van der Waals surface area contributed by atoms with Crippen molar-refractivity contribution in [3.8, 4) is 11.1 Å². The first-order chi connectivity index (χ1) is 16.9. The van der Waals surface area contributed by atoms with E-state index in [1.807, 2.05) is 56.9 Å². The number of Topliss-reactive ketones (excluding diaryl/α,β-unsaturated/α-hetero) is 1. The molecule has 192 valence electrons. The molecule has 2 aromatic heterocycles. The van der Waals surface area contributed by atoms with Crippen LogP contribution in [0.4, 0.5) is 0 Å². The molecule has 0 unspecified atom stereocenters. The number of aryl methyl sites for hydroxylation is 2. The van der Waals surface area contributed by atoms with Gasteiger partial charge in [-0.1, -0.05) is 23.7 Å². The highest BCUT2D eigenvalue weighted by atomic mass is 35.5. The number of benzene rings is 1. The molecule has 0 bridgehead atoms. The summed E-state index contributed by atoms with van der Waals surface area (Å²) in [6, 6.07) is 7.72. The van der Waals surface area contributed by atoms with Gasteiger partial charge in [0.25, 0.3) is 0 Å². The quantitative estimate of drug-likeness (QED) is 0.372. The van der Waals surface area contributed by atoms with Crippen LogP contribution < -0.4 is 0 Å². The van der Waals surface area contributed by atoms with Crippen LogP contribution in [-0.4, -0.2) is 44.8 Å². The number of hydrogen-bond donors (Lipinski definition) is 0. The summed E-state index contributed by atoms with van der Waals surface area (Å²) in [6.07, 6.45) is 0.801. The summed E-state index contributed by atoms with van der Waals surface area (Å²) >= 11 is 6.24.